The third kappa shape index (κ3) is 3.80. The van der Waals surface area contributed by atoms with Crippen molar-refractivity contribution >= 4 is 11.8 Å². The molecular weight excluding hydrogens is 206 g/mol. The molecular formula is C11H17N3S. The molecule has 1 aromatic heterocycles. The molecule has 0 amide bonds. The smallest absolute Gasteiger partial charge is 0.187 e. The van der Waals surface area contributed by atoms with E-state index < -0.39 is 0 Å². The van der Waals surface area contributed by atoms with E-state index in [1.807, 2.05) is 6.07 Å². The minimum absolute atomic E-state index is 0.718. The van der Waals surface area contributed by atoms with Crippen molar-refractivity contribution in [3.63, 3.8) is 0 Å². The van der Waals surface area contributed by atoms with Crippen molar-refractivity contribution in [1.82, 2.24) is 15.3 Å². The highest BCUT2D eigenvalue weighted by molar-refractivity contribution is 7.99. The molecule has 1 fully saturated rings. The molecule has 15 heavy (non-hydrogen) atoms. The van der Waals surface area contributed by atoms with Crippen molar-refractivity contribution in [2.45, 2.75) is 36.9 Å². The lowest BCUT2D eigenvalue weighted by Gasteiger charge is -2.22. The summed E-state index contributed by atoms with van der Waals surface area (Å²) in [6.45, 7) is 1.19. The molecule has 1 aliphatic rings. The van der Waals surface area contributed by atoms with Crippen LogP contribution in [0.1, 0.15) is 25.7 Å². The van der Waals surface area contributed by atoms with Crippen LogP contribution in [0.3, 0.4) is 0 Å². The van der Waals surface area contributed by atoms with Crippen LogP contribution in [0.15, 0.2) is 23.6 Å². The van der Waals surface area contributed by atoms with E-state index in [0.717, 1.165) is 17.0 Å². The maximum atomic E-state index is 4.19. The number of hydrogen-bond acceptors (Lipinski definition) is 4. The quantitative estimate of drug-likeness (QED) is 0.626. The van der Waals surface area contributed by atoms with Crippen LogP contribution in [-0.2, 0) is 0 Å². The zero-order valence-corrected chi connectivity index (χ0v) is 9.67. The molecule has 0 radical (unpaired) electrons. The van der Waals surface area contributed by atoms with Gasteiger partial charge in [-0.15, -0.1) is 0 Å². The van der Waals surface area contributed by atoms with E-state index in [1.165, 1.54) is 32.2 Å². The molecule has 0 spiro atoms. The third-order valence-corrected chi connectivity index (χ3v) is 3.56. The Bertz CT molecular complexity index is 272. The molecule has 1 saturated heterocycles. The van der Waals surface area contributed by atoms with Gasteiger partial charge in [-0.3, -0.25) is 0 Å². The number of thioether (sulfide) groups is 1. The zero-order chi connectivity index (χ0) is 10.3. The minimum Gasteiger partial charge on any atom is -0.314 e. The van der Waals surface area contributed by atoms with Crippen molar-refractivity contribution in [3.05, 3.63) is 18.5 Å². The van der Waals surface area contributed by atoms with Gasteiger partial charge >= 0.3 is 0 Å². The highest BCUT2D eigenvalue weighted by Gasteiger charge is 2.11. The van der Waals surface area contributed by atoms with Crippen LogP contribution in [0.5, 0.6) is 0 Å². The Morgan fingerprint density at radius 1 is 1.33 bits per heavy atom. The first-order valence-corrected chi connectivity index (χ1v) is 6.57. The fourth-order valence-corrected chi connectivity index (χ4v) is 2.68. The average Bonchev–Trinajstić information content (AvgIpc) is 2.32. The van der Waals surface area contributed by atoms with Crippen LogP contribution in [0.4, 0.5) is 0 Å². The predicted octanol–water partition coefficient (Wildman–Crippen LogP) is 2.10. The van der Waals surface area contributed by atoms with Gasteiger partial charge in [0, 0.05) is 24.2 Å². The van der Waals surface area contributed by atoms with Crippen molar-refractivity contribution in [1.29, 1.82) is 0 Å². The van der Waals surface area contributed by atoms with E-state index in [4.69, 9.17) is 0 Å². The first-order chi connectivity index (χ1) is 7.45. The maximum absolute atomic E-state index is 4.19. The summed E-state index contributed by atoms with van der Waals surface area (Å²) in [6, 6.07) is 2.57. The van der Waals surface area contributed by atoms with E-state index in [2.05, 4.69) is 15.3 Å². The lowest BCUT2D eigenvalue weighted by molar-refractivity contribution is 0.394. The number of nitrogens with zero attached hydrogens (tertiary/aromatic N) is 2. The molecule has 0 unspecified atom stereocenters. The zero-order valence-electron chi connectivity index (χ0n) is 8.85. The minimum atomic E-state index is 0.718. The largest absolute Gasteiger partial charge is 0.314 e. The Morgan fingerprint density at radius 2 is 2.20 bits per heavy atom. The van der Waals surface area contributed by atoms with Crippen LogP contribution in [0, 0.1) is 0 Å². The van der Waals surface area contributed by atoms with Gasteiger partial charge in [0.25, 0.3) is 0 Å². The fourth-order valence-electron chi connectivity index (χ4n) is 1.82. The maximum Gasteiger partial charge on any atom is 0.187 e. The molecule has 1 atom stereocenters. The van der Waals surface area contributed by atoms with E-state index in [9.17, 15) is 0 Å². The SMILES string of the molecule is c1cnc(SCC[C@@H]2CCCCN2)nc1. The van der Waals surface area contributed by atoms with Gasteiger partial charge in [-0.2, -0.15) is 0 Å². The first-order valence-electron chi connectivity index (χ1n) is 5.58. The second kappa shape index (κ2) is 6.08. The van der Waals surface area contributed by atoms with Gasteiger partial charge in [-0.1, -0.05) is 18.2 Å². The van der Waals surface area contributed by atoms with Gasteiger partial charge in [-0.05, 0) is 31.9 Å². The Kier molecular flexibility index (Phi) is 4.41. The van der Waals surface area contributed by atoms with Crippen molar-refractivity contribution < 1.29 is 0 Å². The summed E-state index contributed by atoms with van der Waals surface area (Å²) in [5, 5.41) is 4.45. The van der Waals surface area contributed by atoms with Crippen LogP contribution in [0.25, 0.3) is 0 Å². The topological polar surface area (TPSA) is 37.8 Å². The molecule has 2 heterocycles. The van der Waals surface area contributed by atoms with Crippen molar-refractivity contribution in [3.8, 4) is 0 Å². The van der Waals surface area contributed by atoms with E-state index >= 15 is 0 Å². The summed E-state index contributed by atoms with van der Waals surface area (Å²) in [5.74, 6) is 1.11. The molecule has 0 aliphatic carbocycles. The second-order valence-corrected chi connectivity index (χ2v) is 4.88. The molecule has 0 bridgehead atoms. The summed E-state index contributed by atoms with van der Waals surface area (Å²) in [4.78, 5) is 8.39. The highest BCUT2D eigenvalue weighted by atomic mass is 32.2. The Balaban J connectivity index is 1.66. The van der Waals surface area contributed by atoms with Gasteiger partial charge in [-0.25, -0.2) is 9.97 Å². The average molecular weight is 223 g/mol. The van der Waals surface area contributed by atoms with Crippen LogP contribution < -0.4 is 5.32 Å². The second-order valence-electron chi connectivity index (χ2n) is 3.82. The van der Waals surface area contributed by atoms with Crippen molar-refractivity contribution in [2.75, 3.05) is 12.3 Å². The normalized spacial score (nSPS) is 21.5. The van der Waals surface area contributed by atoms with Gasteiger partial charge in [0.1, 0.15) is 0 Å². The third-order valence-electron chi connectivity index (χ3n) is 2.65. The summed E-state index contributed by atoms with van der Waals surface area (Å²) < 4.78 is 0. The fraction of sp³-hybridized carbons (Fsp3) is 0.636. The van der Waals surface area contributed by atoms with Gasteiger partial charge < -0.3 is 5.32 Å². The summed E-state index contributed by atoms with van der Waals surface area (Å²) in [6.07, 6.45) is 8.87. The molecule has 4 heteroatoms. The number of rotatable bonds is 4. The van der Waals surface area contributed by atoms with Crippen LogP contribution in [0.2, 0.25) is 0 Å². The predicted molar refractivity (Wildman–Crippen MR) is 63.0 cm³/mol. The number of piperidine rings is 1. The number of aromatic nitrogens is 2. The summed E-state index contributed by atoms with van der Waals surface area (Å²) in [7, 11) is 0. The lowest BCUT2D eigenvalue weighted by atomic mass is 10.0. The Hall–Kier alpha value is -0.610. The highest BCUT2D eigenvalue weighted by Crippen LogP contribution is 2.16. The van der Waals surface area contributed by atoms with Gasteiger partial charge in [0.2, 0.25) is 0 Å². The van der Waals surface area contributed by atoms with Crippen LogP contribution >= 0.6 is 11.8 Å². The lowest BCUT2D eigenvalue weighted by Crippen LogP contribution is -2.34. The Morgan fingerprint density at radius 3 is 2.93 bits per heavy atom. The molecule has 1 aromatic rings. The molecule has 0 aromatic carbocycles. The van der Waals surface area contributed by atoms with Crippen LogP contribution in [-0.4, -0.2) is 28.3 Å². The molecule has 1 aliphatic heterocycles. The molecule has 3 nitrogen and oxygen atoms in total. The van der Waals surface area contributed by atoms with Crippen molar-refractivity contribution in [2.24, 2.45) is 0 Å². The van der Waals surface area contributed by atoms with E-state index in [0.29, 0.717) is 0 Å². The van der Waals surface area contributed by atoms with E-state index in [1.54, 1.807) is 24.2 Å². The Labute approximate surface area is 95.1 Å². The molecule has 2 rings (SSSR count). The first kappa shape index (κ1) is 10.9. The van der Waals surface area contributed by atoms with E-state index in [-0.39, 0.29) is 0 Å². The van der Waals surface area contributed by atoms with Gasteiger partial charge in [0.15, 0.2) is 5.16 Å². The van der Waals surface area contributed by atoms with Gasteiger partial charge in [0.05, 0.1) is 0 Å². The number of nitrogens with one attached hydrogen (secondary N) is 1. The number of hydrogen-bond donors (Lipinski definition) is 1. The monoisotopic (exact) mass is 223 g/mol. The molecule has 82 valence electrons. The summed E-state index contributed by atoms with van der Waals surface area (Å²) in [5.41, 5.74) is 0. The standard InChI is InChI=1S/C11H17N3S/c1-2-6-12-10(4-1)5-9-15-11-13-7-3-8-14-11/h3,7-8,10,12H,1-2,4-6,9H2/t10-/m0/s1. The molecule has 0 saturated carbocycles. The molecule has 1 N–H and O–H groups in total. The summed E-state index contributed by atoms with van der Waals surface area (Å²) >= 11 is 1.75.